The fraction of sp³-hybridized carbons (Fsp3) is 0.235. The minimum atomic E-state index is -0.690. The Morgan fingerprint density at radius 1 is 1.00 bits per heavy atom. The van der Waals surface area contributed by atoms with E-state index in [4.69, 9.17) is 0 Å². The number of Topliss-reactive ketones (excluding diaryl/α,β-unsaturated/α-hetero) is 1. The number of hydrogen-bond acceptors (Lipinski definition) is 4. The van der Waals surface area contributed by atoms with Crippen LogP contribution < -0.4 is 10.6 Å². The Morgan fingerprint density at radius 2 is 1.70 bits per heavy atom. The minimum absolute atomic E-state index is 0.0303. The Balaban J connectivity index is 1.78. The van der Waals surface area contributed by atoms with E-state index >= 15 is 0 Å². The van der Waals surface area contributed by atoms with Crippen LogP contribution in [0.15, 0.2) is 36.4 Å². The maximum atomic E-state index is 11.8. The van der Waals surface area contributed by atoms with Crippen molar-refractivity contribution in [2.45, 2.75) is 20.3 Å². The van der Waals surface area contributed by atoms with Crippen molar-refractivity contribution in [3.05, 3.63) is 51.7 Å². The normalized spacial score (nSPS) is 10.2. The van der Waals surface area contributed by atoms with Crippen molar-refractivity contribution in [2.75, 3.05) is 11.9 Å². The Morgan fingerprint density at radius 3 is 2.30 bits per heavy atom. The molecule has 1 aromatic carbocycles. The molecule has 0 unspecified atom stereocenters. The molecule has 120 valence electrons. The number of benzene rings is 1. The van der Waals surface area contributed by atoms with E-state index in [1.807, 2.05) is 25.1 Å². The maximum absolute atomic E-state index is 11.8. The molecule has 0 aliphatic heterocycles. The van der Waals surface area contributed by atoms with Crippen LogP contribution >= 0.6 is 11.3 Å². The smallest absolute Gasteiger partial charge is 0.313 e. The van der Waals surface area contributed by atoms with Crippen molar-refractivity contribution < 1.29 is 14.4 Å². The molecule has 2 N–H and O–H groups in total. The molecule has 0 bridgehead atoms. The Kier molecular flexibility index (Phi) is 5.65. The highest BCUT2D eigenvalue weighted by Gasteiger charge is 2.13. The van der Waals surface area contributed by atoms with Gasteiger partial charge in [-0.1, -0.05) is 17.7 Å². The van der Waals surface area contributed by atoms with Gasteiger partial charge in [0.1, 0.15) is 0 Å². The van der Waals surface area contributed by atoms with E-state index in [2.05, 4.69) is 10.6 Å². The van der Waals surface area contributed by atoms with Gasteiger partial charge in [0.15, 0.2) is 5.78 Å². The van der Waals surface area contributed by atoms with Gasteiger partial charge in [-0.3, -0.25) is 14.4 Å². The van der Waals surface area contributed by atoms with Gasteiger partial charge in [-0.25, -0.2) is 0 Å². The molecule has 0 saturated carbocycles. The van der Waals surface area contributed by atoms with E-state index < -0.39 is 11.8 Å². The van der Waals surface area contributed by atoms with Crippen LogP contribution in [-0.4, -0.2) is 24.1 Å². The number of thiophene rings is 1. The lowest BCUT2D eigenvalue weighted by Gasteiger charge is -2.06. The topological polar surface area (TPSA) is 75.3 Å². The van der Waals surface area contributed by atoms with E-state index in [0.29, 0.717) is 23.5 Å². The molecule has 2 rings (SSSR count). The van der Waals surface area contributed by atoms with Gasteiger partial charge in [0.2, 0.25) is 0 Å². The van der Waals surface area contributed by atoms with E-state index in [-0.39, 0.29) is 5.78 Å². The molecule has 2 aromatic rings. The summed E-state index contributed by atoms with van der Waals surface area (Å²) in [6.45, 7) is 3.81. The largest absolute Gasteiger partial charge is 0.347 e. The van der Waals surface area contributed by atoms with Crippen molar-refractivity contribution >= 4 is 34.6 Å². The fourth-order valence-electron chi connectivity index (χ4n) is 1.91. The summed E-state index contributed by atoms with van der Waals surface area (Å²) in [5, 5.41) is 5.12. The maximum Gasteiger partial charge on any atom is 0.313 e. The Bertz CT molecular complexity index is 720. The average Bonchev–Trinajstić information content (AvgIpc) is 2.98. The highest BCUT2D eigenvalue weighted by molar-refractivity contribution is 7.14. The van der Waals surface area contributed by atoms with E-state index in [9.17, 15) is 14.4 Å². The summed E-state index contributed by atoms with van der Waals surface area (Å²) < 4.78 is 0. The first-order chi connectivity index (χ1) is 11.0. The molecule has 0 fully saturated rings. The predicted molar refractivity (Wildman–Crippen MR) is 90.8 cm³/mol. The highest BCUT2D eigenvalue weighted by Crippen LogP contribution is 2.17. The van der Waals surface area contributed by atoms with E-state index in [1.165, 1.54) is 18.3 Å². The van der Waals surface area contributed by atoms with Gasteiger partial charge < -0.3 is 10.6 Å². The first kappa shape index (κ1) is 16.9. The zero-order valence-corrected chi connectivity index (χ0v) is 13.8. The number of nitrogens with one attached hydrogen (secondary N) is 2. The predicted octanol–water partition coefficient (Wildman–Crippen LogP) is 2.56. The van der Waals surface area contributed by atoms with Gasteiger partial charge in [0, 0.05) is 17.1 Å². The number of carbonyl (C=O) groups excluding carboxylic acids is 3. The molecule has 0 atom stereocenters. The number of amides is 2. The van der Waals surface area contributed by atoms with Gasteiger partial charge in [-0.05, 0) is 44.5 Å². The molecule has 23 heavy (non-hydrogen) atoms. The van der Waals surface area contributed by atoms with Crippen LogP contribution in [0.1, 0.15) is 27.0 Å². The first-order valence-electron chi connectivity index (χ1n) is 7.21. The molecule has 2 amide bonds. The highest BCUT2D eigenvalue weighted by atomic mass is 32.1. The average molecular weight is 330 g/mol. The lowest BCUT2D eigenvalue weighted by atomic mass is 10.2. The van der Waals surface area contributed by atoms with Crippen LogP contribution in [-0.2, 0) is 16.0 Å². The zero-order valence-electron chi connectivity index (χ0n) is 13.0. The summed E-state index contributed by atoms with van der Waals surface area (Å²) in [7, 11) is 0. The van der Waals surface area contributed by atoms with Crippen molar-refractivity contribution in [3.63, 3.8) is 0 Å². The third kappa shape index (κ3) is 5.03. The molecule has 0 saturated heterocycles. The van der Waals surface area contributed by atoms with Crippen LogP contribution in [0, 0.1) is 6.92 Å². The quantitative estimate of drug-likeness (QED) is 0.653. The number of ketones is 1. The summed E-state index contributed by atoms with van der Waals surface area (Å²) in [6.07, 6.45) is 0.585. The minimum Gasteiger partial charge on any atom is -0.347 e. The molecule has 0 spiro atoms. The second-order valence-corrected chi connectivity index (χ2v) is 6.32. The Hall–Kier alpha value is -2.47. The Labute approximate surface area is 138 Å². The van der Waals surface area contributed by atoms with Gasteiger partial charge in [0.05, 0.1) is 4.88 Å². The van der Waals surface area contributed by atoms with E-state index in [1.54, 1.807) is 18.2 Å². The molecule has 5 nitrogen and oxygen atoms in total. The van der Waals surface area contributed by atoms with Crippen LogP contribution in [0.3, 0.4) is 0 Å². The molecular weight excluding hydrogens is 312 g/mol. The first-order valence-corrected chi connectivity index (χ1v) is 8.03. The molecule has 6 heteroatoms. The molecule has 1 aromatic heterocycles. The summed E-state index contributed by atoms with van der Waals surface area (Å²) >= 11 is 1.40. The van der Waals surface area contributed by atoms with Gasteiger partial charge in [-0.15, -0.1) is 11.3 Å². The fourth-order valence-corrected chi connectivity index (χ4v) is 2.81. The molecule has 1 heterocycles. The van der Waals surface area contributed by atoms with Crippen LogP contribution in [0.5, 0.6) is 0 Å². The summed E-state index contributed by atoms with van der Waals surface area (Å²) in [4.78, 5) is 36.4. The van der Waals surface area contributed by atoms with Gasteiger partial charge in [0.25, 0.3) is 0 Å². The molecular formula is C17H18N2O3S. The third-order valence-electron chi connectivity index (χ3n) is 3.18. The number of carbonyl (C=O) groups is 3. The van der Waals surface area contributed by atoms with Crippen molar-refractivity contribution in [2.24, 2.45) is 0 Å². The molecule has 0 aliphatic rings. The number of hydrogen-bond donors (Lipinski definition) is 2. The van der Waals surface area contributed by atoms with Crippen molar-refractivity contribution in [3.8, 4) is 0 Å². The zero-order chi connectivity index (χ0) is 16.8. The second kappa shape index (κ2) is 7.69. The van der Waals surface area contributed by atoms with E-state index in [0.717, 1.165) is 10.4 Å². The summed E-state index contributed by atoms with van der Waals surface area (Å²) in [6, 6.07) is 10.8. The van der Waals surface area contributed by atoms with Crippen molar-refractivity contribution in [1.29, 1.82) is 0 Å². The summed E-state index contributed by atoms with van der Waals surface area (Å²) in [5.74, 6) is -1.33. The van der Waals surface area contributed by atoms with Crippen LogP contribution in [0.4, 0.5) is 5.69 Å². The van der Waals surface area contributed by atoms with Crippen LogP contribution in [0.25, 0.3) is 0 Å². The van der Waals surface area contributed by atoms with Crippen molar-refractivity contribution in [1.82, 2.24) is 5.32 Å². The second-order valence-electron chi connectivity index (χ2n) is 5.15. The summed E-state index contributed by atoms with van der Waals surface area (Å²) in [5.41, 5.74) is 1.66. The molecule has 0 radical (unpaired) electrons. The third-order valence-corrected chi connectivity index (χ3v) is 4.43. The number of anilines is 1. The van der Waals surface area contributed by atoms with Gasteiger partial charge >= 0.3 is 11.8 Å². The lowest BCUT2D eigenvalue weighted by Crippen LogP contribution is -2.36. The standard InChI is InChI=1S/C17H18N2O3S/c1-11-3-5-13(6-4-11)19-17(22)16(21)18-10-9-14-7-8-15(23-14)12(2)20/h3-8H,9-10H2,1-2H3,(H,18,21)(H,19,22). The monoisotopic (exact) mass is 330 g/mol. The number of rotatable bonds is 5. The van der Waals surface area contributed by atoms with Gasteiger partial charge in [-0.2, -0.15) is 0 Å². The lowest BCUT2D eigenvalue weighted by molar-refractivity contribution is -0.136. The molecule has 0 aliphatic carbocycles. The van der Waals surface area contributed by atoms with Crippen LogP contribution in [0.2, 0.25) is 0 Å². The number of aryl methyl sites for hydroxylation is 1. The SMILES string of the molecule is CC(=O)c1ccc(CCNC(=O)C(=O)Nc2ccc(C)cc2)s1.